The second kappa shape index (κ2) is 6.05. The molecule has 1 aromatic carbocycles. The van der Waals surface area contributed by atoms with Gasteiger partial charge in [-0.25, -0.2) is 0 Å². The van der Waals surface area contributed by atoms with Crippen LogP contribution < -0.4 is 10.2 Å². The van der Waals surface area contributed by atoms with E-state index >= 15 is 0 Å². The van der Waals surface area contributed by atoms with E-state index in [-0.39, 0.29) is 12.6 Å². The van der Waals surface area contributed by atoms with Crippen molar-refractivity contribution < 1.29 is 14.7 Å². The monoisotopic (exact) mass is 276 g/mol. The number of anilines is 1. The summed E-state index contributed by atoms with van der Waals surface area (Å²) in [6, 6.07) is 5.74. The zero-order valence-electron chi connectivity index (χ0n) is 11.8. The molecule has 1 heterocycles. The summed E-state index contributed by atoms with van der Waals surface area (Å²) in [5.74, 6) is -1.14. The van der Waals surface area contributed by atoms with Crippen LogP contribution in [0.5, 0.6) is 0 Å². The van der Waals surface area contributed by atoms with E-state index in [9.17, 15) is 9.59 Å². The Morgan fingerprint density at radius 2 is 2.20 bits per heavy atom. The number of hydrogen-bond donors (Lipinski definition) is 2. The van der Waals surface area contributed by atoms with E-state index in [0.717, 1.165) is 23.2 Å². The van der Waals surface area contributed by atoms with Crippen LogP contribution in [-0.4, -0.2) is 36.1 Å². The third-order valence-electron chi connectivity index (χ3n) is 3.52. The van der Waals surface area contributed by atoms with E-state index < -0.39 is 11.8 Å². The van der Waals surface area contributed by atoms with Gasteiger partial charge in [-0.1, -0.05) is 12.1 Å². The van der Waals surface area contributed by atoms with Crippen LogP contribution >= 0.6 is 0 Å². The maximum Gasteiger partial charge on any atom is 0.316 e. The Labute approximate surface area is 118 Å². The summed E-state index contributed by atoms with van der Waals surface area (Å²) in [6.45, 7) is 4.26. The molecule has 0 fully saturated rings. The van der Waals surface area contributed by atoms with Gasteiger partial charge in [-0.3, -0.25) is 9.59 Å². The Hall–Kier alpha value is -1.88. The van der Waals surface area contributed by atoms with Gasteiger partial charge in [-0.2, -0.15) is 0 Å². The van der Waals surface area contributed by atoms with Crippen molar-refractivity contribution in [3.63, 3.8) is 0 Å². The van der Waals surface area contributed by atoms with Crippen LogP contribution in [0.1, 0.15) is 24.5 Å². The fraction of sp³-hybridized carbons (Fsp3) is 0.467. The van der Waals surface area contributed by atoms with Gasteiger partial charge in [0.25, 0.3) is 0 Å². The lowest BCUT2D eigenvalue weighted by atomic mass is 10.1. The van der Waals surface area contributed by atoms with Crippen molar-refractivity contribution in [3.05, 3.63) is 29.3 Å². The molecule has 0 spiro atoms. The molecule has 1 aliphatic heterocycles. The average molecular weight is 276 g/mol. The molecule has 0 radical (unpaired) electrons. The van der Waals surface area contributed by atoms with Crippen LogP contribution in [0.3, 0.4) is 0 Å². The van der Waals surface area contributed by atoms with Crippen molar-refractivity contribution in [2.75, 3.05) is 18.1 Å². The van der Waals surface area contributed by atoms with Gasteiger partial charge >= 0.3 is 11.8 Å². The summed E-state index contributed by atoms with van der Waals surface area (Å²) in [5, 5.41) is 11.4. The van der Waals surface area contributed by atoms with E-state index in [4.69, 9.17) is 5.11 Å². The standard InChI is InChI=1S/C15H20N2O3/c1-10-3-4-12-5-7-17(13(12)9-10)15(20)14(19)16-11(2)6-8-18/h3-4,9,11,18H,5-8H2,1-2H3,(H,16,19)/t11-/m1/s1. The van der Waals surface area contributed by atoms with E-state index in [1.165, 1.54) is 4.90 Å². The van der Waals surface area contributed by atoms with Gasteiger partial charge in [0, 0.05) is 24.9 Å². The van der Waals surface area contributed by atoms with Gasteiger partial charge in [-0.15, -0.1) is 0 Å². The van der Waals surface area contributed by atoms with Crippen molar-refractivity contribution in [3.8, 4) is 0 Å². The van der Waals surface area contributed by atoms with Gasteiger partial charge in [-0.05, 0) is 43.9 Å². The lowest BCUT2D eigenvalue weighted by Gasteiger charge is -2.19. The fourth-order valence-electron chi connectivity index (χ4n) is 2.37. The molecule has 2 N–H and O–H groups in total. The number of nitrogens with one attached hydrogen (secondary N) is 1. The minimum absolute atomic E-state index is 0.0125. The zero-order valence-corrected chi connectivity index (χ0v) is 11.8. The highest BCUT2D eigenvalue weighted by atomic mass is 16.3. The minimum atomic E-state index is -0.611. The van der Waals surface area contributed by atoms with Gasteiger partial charge in [0.15, 0.2) is 0 Å². The molecule has 0 aromatic heterocycles. The smallest absolute Gasteiger partial charge is 0.316 e. The maximum atomic E-state index is 12.2. The van der Waals surface area contributed by atoms with E-state index in [0.29, 0.717) is 13.0 Å². The highest BCUT2D eigenvalue weighted by Gasteiger charge is 2.29. The van der Waals surface area contributed by atoms with Crippen LogP contribution in [0, 0.1) is 6.92 Å². The number of hydrogen-bond acceptors (Lipinski definition) is 3. The Kier molecular flexibility index (Phi) is 4.39. The van der Waals surface area contributed by atoms with Crippen molar-refractivity contribution in [1.82, 2.24) is 5.32 Å². The first kappa shape index (κ1) is 14.5. The molecular formula is C15H20N2O3. The van der Waals surface area contributed by atoms with E-state index in [1.807, 2.05) is 25.1 Å². The number of aliphatic hydroxyl groups excluding tert-OH is 1. The Morgan fingerprint density at radius 3 is 2.90 bits per heavy atom. The van der Waals surface area contributed by atoms with Crippen molar-refractivity contribution in [2.24, 2.45) is 0 Å². The number of aryl methyl sites for hydroxylation is 1. The van der Waals surface area contributed by atoms with Gasteiger partial charge in [0.2, 0.25) is 0 Å². The second-order valence-electron chi connectivity index (χ2n) is 5.23. The van der Waals surface area contributed by atoms with Crippen LogP contribution in [0.2, 0.25) is 0 Å². The molecule has 5 heteroatoms. The molecular weight excluding hydrogens is 256 g/mol. The number of nitrogens with zero attached hydrogens (tertiary/aromatic N) is 1. The number of rotatable bonds is 3. The molecule has 1 aliphatic rings. The summed E-state index contributed by atoms with van der Waals surface area (Å²) >= 11 is 0. The van der Waals surface area contributed by atoms with Crippen LogP contribution in [0.15, 0.2) is 18.2 Å². The van der Waals surface area contributed by atoms with E-state index in [1.54, 1.807) is 6.92 Å². The van der Waals surface area contributed by atoms with Crippen LogP contribution in [0.25, 0.3) is 0 Å². The maximum absolute atomic E-state index is 12.2. The number of carbonyl (C=O) groups excluding carboxylic acids is 2. The third-order valence-corrected chi connectivity index (χ3v) is 3.52. The first-order chi connectivity index (χ1) is 9.52. The molecule has 5 nitrogen and oxygen atoms in total. The lowest BCUT2D eigenvalue weighted by molar-refractivity contribution is -0.138. The molecule has 0 saturated heterocycles. The van der Waals surface area contributed by atoms with Crippen molar-refractivity contribution >= 4 is 17.5 Å². The zero-order chi connectivity index (χ0) is 14.7. The summed E-state index contributed by atoms with van der Waals surface area (Å²) in [5.41, 5.74) is 3.00. The fourth-order valence-corrected chi connectivity index (χ4v) is 2.37. The largest absolute Gasteiger partial charge is 0.396 e. The molecule has 0 saturated carbocycles. The summed E-state index contributed by atoms with van der Waals surface area (Å²) in [7, 11) is 0. The summed E-state index contributed by atoms with van der Waals surface area (Å²) in [4.78, 5) is 25.7. The number of fused-ring (bicyclic) bond motifs is 1. The third kappa shape index (κ3) is 2.99. The highest BCUT2D eigenvalue weighted by molar-refractivity contribution is 6.40. The van der Waals surface area contributed by atoms with Crippen molar-refractivity contribution in [2.45, 2.75) is 32.7 Å². The quantitative estimate of drug-likeness (QED) is 0.801. The molecule has 1 aromatic rings. The summed E-state index contributed by atoms with van der Waals surface area (Å²) < 4.78 is 0. The van der Waals surface area contributed by atoms with Crippen LogP contribution in [0.4, 0.5) is 5.69 Å². The molecule has 108 valence electrons. The second-order valence-corrected chi connectivity index (χ2v) is 5.23. The average Bonchev–Trinajstić information content (AvgIpc) is 2.80. The Balaban J connectivity index is 2.08. The van der Waals surface area contributed by atoms with Gasteiger partial charge in [0.05, 0.1) is 0 Å². The first-order valence-electron chi connectivity index (χ1n) is 6.85. The Morgan fingerprint density at radius 1 is 1.45 bits per heavy atom. The number of benzene rings is 1. The van der Waals surface area contributed by atoms with Crippen LogP contribution in [-0.2, 0) is 16.0 Å². The van der Waals surface area contributed by atoms with E-state index in [2.05, 4.69) is 5.32 Å². The summed E-state index contributed by atoms with van der Waals surface area (Å²) in [6.07, 6.45) is 1.22. The van der Waals surface area contributed by atoms with Gasteiger partial charge < -0.3 is 15.3 Å². The first-order valence-corrected chi connectivity index (χ1v) is 6.85. The minimum Gasteiger partial charge on any atom is -0.396 e. The molecule has 20 heavy (non-hydrogen) atoms. The molecule has 2 rings (SSSR count). The lowest BCUT2D eigenvalue weighted by Crippen LogP contribution is -2.45. The molecule has 0 unspecified atom stereocenters. The number of amides is 2. The molecule has 0 aliphatic carbocycles. The van der Waals surface area contributed by atoms with Gasteiger partial charge in [0.1, 0.15) is 0 Å². The van der Waals surface area contributed by atoms with Crippen molar-refractivity contribution in [1.29, 1.82) is 0 Å². The molecule has 2 amide bonds. The predicted molar refractivity (Wildman–Crippen MR) is 76.5 cm³/mol. The molecule has 1 atom stereocenters. The number of aliphatic hydroxyl groups is 1. The number of carbonyl (C=O) groups is 2. The molecule has 0 bridgehead atoms. The normalized spacial score (nSPS) is 14.8. The topological polar surface area (TPSA) is 69.6 Å². The predicted octanol–water partition coefficient (Wildman–Crippen LogP) is 0.771. The Bertz CT molecular complexity index is 528. The highest BCUT2D eigenvalue weighted by Crippen LogP contribution is 2.28. The SMILES string of the molecule is Cc1ccc2c(c1)N(C(=O)C(=O)N[C@H](C)CCO)CC2.